The van der Waals surface area contributed by atoms with Gasteiger partial charge < -0.3 is 14.7 Å². The maximum atomic E-state index is 9.42. The highest BCUT2D eigenvalue weighted by Gasteiger charge is 2.18. The largest absolute Gasteiger partial charge is 0.392 e. The lowest BCUT2D eigenvalue weighted by Crippen LogP contribution is -2.37. The molecule has 0 bridgehead atoms. The van der Waals surface area contributed by atoms with Crippen molar-refractivity contribution in [2.45, 2.75) is 39.3 Å². The molecule has 102 valence electrons. The smallest absolute Gasteiger partial charge is 0.0717 e. The van der Waals surface area contributed by atoms with Gasteiger partial charge in [0.1, 0.15) is 0 Å². The second kappa shape index (κ2) is 8.06. The van der Waals surface area contributed by atoms with E-state index in [1.807, 2.05) is 6.07 Å². The molecule has 0 amide bonds. The molecule has 0 radical (unpaired) electrons. The fourth-order valence-corrected chi connectivity index (χ4v) is 2.24. The zero-order valence-corrected chi connectivity index (χ0v) is 11.6. The van der Waals surface area contributed by atoms with E-state index in [2.05, 4.69) is 23.7 Å². The maximum Gasteiger partial charge on any atom is 0.0717 e. The van der Waals surface area contributed by atoms with Gasteiger partial charge in [0.05, 0.1) is 13.2 Å². The van der Waals surface area contributed by atoms with Gasteiger partial charge in [-0.15, -0.1) is 0 Å². The first kappa shape index (κ1) is 14.9. The highest BCUT2D eigenvalue weighted by molar-refractivity contribution is 5.52. The van der Waals surface area contributed by atoms with Crippen molar-refractivity contribution < 1.29 is 9.84 Å². The lowest BCUT2D eigenvalue weighted by atomic mass is 10.1. The Labute approximate surface area is 110 Å². The van der Waals surface area contributed by atoms with E-state index in [9.17, 15) is 5.11 Å². The van der Waals surface area contributed by atoms with Crippen LogP contribution in [0.2, 0.25) is 0 Å². The van der Waals surface area contributed by atoms with Crippen LogP contribution in [0.4, 0.5) is 5.69 Å². The lowest BCUT2D eigenvalue weighted by Gasteiger charge is -2.33. The number of hydrogen-bond donors (Lipinski definition) is 1. The Morgan fingerprint density at radius 2 is 2.11 bits per heavy atom. The summed E-state index contributed by atoms with van der Waals surface area (Å²) < 4.78 is 5.19. The number of nitrogens with zero attached hydrogens (tertiary/aromatic N) is 2. The van der Waals surface area contributed by atoms with Crippen molar-refractivity contribution in [3.8, 4) is 0 Å². The fourth-order valence-electron chi connectivity index (χ4n) is 2.24. The van der Waals surface area contributed by atoms with Crippen LogP contribution in [0.15, 0.2) is 18.5 Å². The molecule has 18 heavy (non-hydrogen) atoms. The molecule has 1 rings (SSSR count). The van der Waals surface area contributed by atoms with E-state index >= 15 is 0 Å². The summed E-state index contributed by atoms with van der Waals surface area (Å²) in [6.07, 6.45) is 5.66. The Morgan fingerprint density at radius 1 is 1.39 bits per heavy atom. The molecule has 0 aliphatic rings. The molecule has 1 aromatic rings. The van der Waals surface area contributed by atoms with Crippen molar-refractivity contribution in [2.24, 2.45) is 0 Å². The van der Waals surface area contributed by atoms with Gasteiger partial charge in [0.15, 0.2) is 0 Å². The Balaban J connectivity index is 2.99. The highest BCUT2D eigenvalue weighted by atomic mass is 16.5. The van der Waals surface area contributed by atoms with Gasteiger partial charge in [-0.25, -0.2) is 0 Å². The van der Waals surface area contributed by atoms with Crippen molar-refractivity contribution in [3.63, 3.8) is 0 Å². The molecule has 0 saturated carbocycles. The number of anilines is 1. The SMILES string of the molecule is CCC(CC)N(CCOC)c1ccncc1CO. The Kier molecular flexibility index (Phi) is 6.68. The molecular formula is C14H24N2O2. The lowest BCUT2D eigenvalue weighted by molar-refractivity contribution is 0.202. The maximum absolute atomic E-state index is 9.42. The molecular weight excluding hydrogens is 228 g/mol. The Hall–Kier alpha value is -1.13. The van der Waals surface area contributed by atoms with Crippen molar-refractivity contribution in [1.29, 1.82) is 0 Å². The van der Waals surface area contributed by atoms with Crippen molar-refractivity contribution >= 4 is 5.69 Å². The predicted molar refractivity (Wildman–Crippen MR) is 73.8 cm³/mol. The summed E-state index contributed by atoms with van der Waals surface area (Å²) in [7, 11) is 1.71. The van der Waals surface area contributed by atoms with E-state index in [1.165, 1.54) is 0 Å². The predicted octanol–water partition coefficient (Wildman–Crippen LogP) is 2.22. The second-order valence-corrected chi connectivity index (χ2v) is 4.32. The zero-order valence-electron chi connectivity index (χ0n) is 11.6. The van der Waals surface area contributed by atoms with Gasteiger partial charge in [-0.1, -0.05) is 13.8 Å². The molecule has 0 fully saturated rings. The molecule has 4 nitrogen and oxygen atoms in total. The number of aromatic nitrogens is 1. The third kappa shape index (κ3) is 3.68. The summed E-state index contributed by atoms with van der Waals surface area (Å²) in [4.78, 5) is 6.39. The Morgan fingerprint density at radius 3 is 2.67 bits per heavy atom. The average molecular weight is 252 g/mol. The molecule has 0 aromatic carbocycles. The summed E-state index contributed by atoms with van der Waals surface area (Å²) in [6, 6.07) is 2.44. The van der Waals surface area contributed by atoms with E-state index < -0.39 is 0 Å². The topological polar surface area (TPSA) is 45.6 Å². The van der Waals surface area contributed by atoms with Gasteiger partial charge in [-0.05, 0) is 18.9 Å². The molecule has 0 atom stereocenters. The summed E-state index contributed by atoms with van der Waals surface area (Å²) in [6.45, 7) is 5.91. The third-order valence-corrected chi connectivity index (χ3v) is 3.28. The van der Waals surface area contributed by atoms with Crippen LogP contribution in [0.25, 0.3) is 0 Å². The summed E-state index contributed by atoms with van der Waals surface area (Å²) in [5.74, 6) is 0. The number of aliphatic hydroxyl groups excluding tert-OH is 1. The van der Waals surface area contributed by atoms with E-state index in [0.717, 1.165) is 30.6 Å². The van der Waals surface area contributed by atoms with Gasteiger partial charge in [0.2, 0.25) is 0 Å². The van der Waals surface area contributed by atoms with Gasteiger partial charge in [0, 0.05) is 43.3 Å². The summed E-state index contributed by atoms with van der Waals surface area (Å²) >= 11 is 0. The van der Waals surface area contributed by atoms with Crippen molar-refractivity contribution in [2.75, 3.05) is 25.2 Å². The number of ether oxygens (including phenoxy) is 1. The normalized spacial score (nSPS) is 10.9. The summed E-state index contributed by atoms with van der Waals surface area (Å²) in [5, 5.41) is 9.42. The van der Waals surface area contributed by atoms with Crippen LogP contribution in [0.5, 0.6) is 0 Å². The first-order chi connectivity index (χ1) is 8.78. The molecule has 1 aromatic heterocycles. The minimum Gasteiger partial charge on any atom is -0.392 e. The summed E-state index contributed by atoms with van der Waals surface area (Å²) in [5.41, 5.74) is 1.94. The molecule has 1 N–H and O–H groups in total. The molecule has 0 aliphatic heterocycles. The quantitative estimate of drug-likeness (QED) is 0.770. The van der Waals surface area contributed by atoms with Crippen LogP contribution >= 0.6 is 0 Å². The monoisotopic (exact) mass is 252 g/mol. The standard InChI is InChI=1S/C14H24N2O2/c1-4-13(5-2)16(8-9-18-3)14-6-7-15-10-12(14)11-17/h6-7,10,13,17H,4-5,8-9,11H2,1-3H3. The van der Waals surface area contributed by atoms with Crippen molar-refractivity contribution in [1.82, 2.24) is 4.98 Å². The van der Waals surface area contributed by atoms with Crippen LogP contribution in [-0.2, 0) is 11.3 Å². The molecule has 0 aliphatic carbocycles. The van der Waals surface area contributed by atoms with Gasteiger partial charge in [-0.2, -0.15) is 0 Å². The molecule has 4 heteroatoms. The third-order valence-electron chi connectivity index (χ3n) is 3.28. The number of pyridine rings is 1. The number of methoxy groups -OCH3 is 1. The van der Waals surface area contributed by atoms with Crippen LogP contribution in [-0.4, -0.2) is 36.4 Å². The molecule has 0 spiro atoms. The van der Waals surface area contributed by atoms with Crippen LogP contribution in [0.3, 0.4) is 0 Å². The van der Waals surface area contributed by atoms with Crippen LogP contribution in [0, 0.1) is 0 Å². The van der Waals surface area contributed by atoms with Crippen LogP contribution < -0.4 is 4.90 Å². The van der Waals surface area contributed by atoms with E-state index in [1.54, 1.807) is 19.5 Å². The molecule has 0 saturated heterocycles. The minimum atomic E-state index is 0.0206. The number of rotatable bonds is 8. The average Bonchev–Trinajstić information content (AvgIpc) is 2.43. The minimum absolute atomic E-state index is 0.0206. The van der Waals surface area contributed by atoms with Gasteiger partial charge in [0.25, 0.3) is 0 Å². The van der Waals surface area contributed by atoms with E-state index in [-0.39, 0.29) is 6.61 Å². The van der Waals surface area contributed by atoms with Gasteiger partial charge in [-0.3, -0.25) is 4.98 Å². The fraction of sp³-hybridized carbons (Fsp3) is 0.643. The highest BCUT2D eigenvalue weighted by Crippen LogP contribution is 2.24. The van der Waals surface area contributed by atoms with Crippen molar-refractivity contribution in [3.05, 3.63) is 24.0 Å². The first-order valence-corrected chi connectivity index (χ1v) is 6.57. The van der Waals surface area contributed by atoms with E-state index in [0.29, 0.717) is 12.6 Å². The Bertz CT molecular complexity index is 340. The number of aliphatic hydroxyl groups is 1. The molecule has 1 heterocycles. The first-order valence-electron chi connectivity index (χ1n) is 6.57. The van der Waals surface area contributed by atoms with Crippen LogP contribution in [0.1, 0.15) is 32.3 Å². The van der Waals surface area contributed by atoms with Gasteiger partial charge >= 0.3 is 0 Å². The zero-order chi connectivity index (χ0) is 13.4. The van der Waals surface area contributed by atoms with E-state index in [4.69, 9.17) is 4.74 Å². The second-order valence-electron chi connectivity index (χ2n) is 4.32. The molecule has 0 unspecified atom stereocenters. The number of hydrogen-bond acceptors (Lipinski definition) is 4.